The summed E-state index contributed by atoms with van der Waals surface area (Å²) >= 11 is 1.59. The highest BCUT2D eigenvalue weighted by Gasteiger charge is 2.23. The number of ether oxygens (including phenoxy) is 1. The first-order valence-corrected chi connectivity index (χ1v) is 9.06. The van der Waals surface area contributed by atoms with Gasteiger partial charge in [0.25, 0.3) is 0 Å². The molecule has 0 aliphatic carbocycles. The molecule has 0 bridgehead atoms. The molecule has 6 nitrogen and oxygen atoms in total. The molecule has 25 heavy (non-hydrogen) atoms. The van der Waals surface area contributed by atoms with Gasteiger partial charge in [0.1, 0.15) is 12.6 Å². The highest BCUT2D eigenvalue weighted by molar-refractivity contribution is 7.17. The summed E-state index contributed by atoms with van der Waals surface area (Å²) < 4.78 is 6.21. The lowest BCUT2D eigenvalue weighted by Crippen LogP contribution is -2.48. The molecule has 0 saturated carbocycles. The minimum Gasteiger partial charge on any atom is -0.450 e. The SMILES string of the molecule is CCCCOC(=O)NC(Cc1csc2ccccc12)C(=O)NCC#N. The zero-order valence-corrected chi connectivity index (χ0v) is 14.9. The number of carbonyl (C=O) groups is 2. The monoisotopic (exact) mass is 359 g/mol. The van der Waals surface area contributed by atoms with Crippen LogP contribution in [0.15, 0.2) is 29.6 Å². The number of unbranched alkanes of at least 4 members (excludes halogenated alkanes) is 1. The van der Waals surface area contributed by atoms with Gasteiger partial charge in [-0.3, -0.25) is 4.79 Å². The van der Waals surface area contributed by atoms with Crippen molar-refractivity contribution in [1.29, 1.82) is 5.26 Å². The van der Waals surface area contributed by atoms with Crippen LogP contribution < -0.4 is 10.6 Å². The van der Waals surface area contributed by atoms with Crippen molar-refractivity contribution in [3.05, 3.63) is 35.2 Å². The van der Waals surface area contributed by atoms with Gasteiger partial charge in [0.15, 0.2) is 0 Å². The van der Waals surface area contributed by atoms with Gasteiger partial charge < -0.3 is 15.4 Å². The molecule has 2 amide bonds. The number of fused-ring (bicyclic) bond motifs is 1. The van der Waals surface area contributed by atoms with Crippen LogP contribution in [-0.4, -0.2) is 31.2 Å². The van der Waals surface area contributed by atoms with Crippen molar-refractivity contribution < 1.29 is 14.3 Å². The van der Waals surface area contributed by atoms with Crippen molar-refractivity contribution in [3.63, 3.8) is 0 Å². The molecule has 2 aromatic rings. The molecular weight excluding hydrogens is 338 g/mol. The van der Waals surface area contributed by atoms with Gasteiger partial charge in [0.05, 0.1) is 12.7 Å². The highest BCUT2D eigenvalue weighted by Crippen LogP contribution is 2.26. The summed E-state index contributed by atoms with van der Waals surface area (Å²) in [5.74, 6) is -0.399. The Hall–Kier alpha value is -2.59. The van der Waals surface area contributed by atoms with Gasteiger partial charge in [0.2, 0.25) is 5.91 Å². The fraction of sp³-hybridized carbons (Fsp3) is 0.389. The van der Waals surface area contributed by atoms with Gasteiger partial charge in [-0.05, 0) is 28.8 Å². The number of amides is 2. The maximum absolute atomic E-state index is 12.3. The van der Waals surface area contributed by atoms with Crippen LogP contribution in [0.4, 0.5) is 4.79 Å². The topological polar surface area (TPSA) is 91.2 Å². The number of nitriles is 1. The Bertz CT molecular complexity index is 766. The van der Waals surface area contributed by atoms with Crippen LogP contribution in [0, 0.1) is 11.3 Å². The standard InChI is InChI=1S/C18H21N3O3S/c1-2-3-10-24-18(23)21-15(17(22)20-9-8-19)11-13-12-25-16-7-5-4-6-14(13)16/h4-7,12,15H,2-3,9-11H2,1H3,(H,20,22)(H,21,23). The second-order valence-electron chi connectivity index (χ2n) is 5.52. The van der Waals surface area contributed by atoms with E-state index in [1.165, 1.54) is 0 Å². The fourth-order valence-corrected chi connectivity index (χ4v) is 3.34. The zero-order valence-electron chi connectivity index (χ0n) is 14.1. The number of alkyl carbamates (subject to hydrolysis) is 1. The average Bonchev–Trinajstić information content (AvgIpc) is 3.02. The van der Waals surface area contributed by atoms with Crippen molar-refractivity contribution in [2.24, 2.45) is 0 Å². The van der Waals surface area contributed by atoms with Crippen molar-refractivity contribution in [1.82, 2.24) is 10.6 Å². The lowest BCUT2D eigenvalue weighted by atomic mass is 10.0. The normalized spacial score (nSPS) is 11.5. The summed E-state index contributed by atoms with van der Waals surface area (Å²) in [6, 6.07) is 8.98. The molecule has 1 heterocycles. The molecule has 0 radical (unpaired) electrons. The van der Waals surface area contributed by atoms with E-state index in [9.17, 15) is 9.59 Å². The van der Waals surface area contributed by atoms with Gasteiger partial charge in [-0.15, -0.1) is 11.3 Å². The van der Waals surface area contributed by atoms with Gasteiger partial charge in [-0.2, -0.15) is 5.26 Å². The number of carbonyl (C=O) groups excluding carboxylic acids is 2. The van der Waals surface area contributed by atoms with Crippen molar-refractivity contribution in [2.75, 3.05) is 13.2 Å². The lowest BCUT2D eigenvalue weighted by Gasteiger charge is -2.17. The summed E-state index contributed by atoms with van der Waals surface area (Å²) in [5.41, 5.74) is 0.978. The van der Waals surface area contributed by atoms with E-state index in [-0.39, 0.29) is 6.54 Å². The molecule has 1 aromatic carbocycles. The highest BCUT2D eigenvalue weighted by atomic mass is 32.1. The number of thiophene rings is 1. The third-order valence-electron chi connectivity index (χ3n) is 3.67. The van der Waals surface area contributed by atoms with Crippen molar-refractivity contribution in [3.8, 4) is 6.07 Å². The minimum atomic E-state index is -0.791. The van der Waals surface area contributed by atoms with Gasteiger partial charge in [-0.25, -0.2) is 4.79 Å². The Balaban J connectivity index is 2.09. The molecule has 2 rings (SSSR count). The van der Waals surface area contributed by atoms with Crippen LogP contribution >= 0.6 is 11.3 Å². The second kappa shape index (κ2) is 9.64. The van der Waals surface area contributed by atoms with E-state index in [4.69, 9.17) is 10.00 Å². The molecule has 0 aliphatic rings. The van der Waals surface area contributed by atoms with E-state index in [1.54, 1.807) is 11.3 Å². The van der Waals surface area contributed by atoms with Crippen molar-refractivity contribution >= 4 is 33.4 Å². The van der Waals surface area contributed by atoms with E-state index in [1.807, 2.05) is 42.6 Å². The zero-order chi connectivity index (χ0) is 18.1. The number of nitrogens with one attached hydrogen (secondary N) is 2. The molecule has 0 fully saturated rings. The Morgan fingerprint density at radius 3 is 2.92 bits per heavy atom. The Morgan fingerprint density at radius 1 is 1.36 bits per heavy atom. The molecule has 1 unspecified atom stereocenters. The van der Waals surface area contributed by atoms with E-state index in [2.05, 4.69) is 10.6 Å². The van der Waals surface area contributed by atoms with Crippen molar-refractivity contribution in [2.45, 2.75) is 32.2 Å². The molecule has 0 spiro atoms. The Labute approximate surface area is 150 Å². The number of hydrogen-bond acceptors (Lipinski definition) is 5. The Kier molecular flexibility index (Phi) is 7.23. The van der Waals surface area contributed by atoms with E-state index in [0.29, 0.717) is 13.0 Å². The molecule has 2 N–H and O–H groups in total. The van der Waals surface area contributed by atoms with E-state index >= 15 is 0 Å². The van der Waals surface area contributed by atoms with Gasteiger partial charge >= 0.3 is 6.09 Å². The first-order valence-electron chi connectivity index (χ1n) is 8.18. The first-order chi connectivity index (χ1) is 12.2. The van der Waals surface area contributed by atoms with Crippen LogP contribution in [0.5, 0.6) is 0 Å². The maximum Gasteiger partial charge on any atom is 0.407 e. The van der Waals surface area contributed by atoms with Gasteiger partial charge in [0, 0.05) is 11.1 Å². The first kappa shape index (κ1) is 18.7. The molecule has 1 atom stereocenters. The lowest BCUT2D eigenvalue weighted by molar-refractivity contribution is -0.122. The molecular formula is C18H21N3O3S. The number of nitrogens with zero attached hydrogens (tertiary/aromatic N) is 1. The molecule has 132 valence electrons. The van der Waals surface area contributed by atoms with E-state index < -0.39 is 18.0 Å². The summed E-state index contributed by atoms with van der Waals surface area (Å²) in [6.45, 7) is 2.21. The number of benzene rings is 1. The summed E-state index contributed by atoms with van der Waals surface area (Å²) in [5, 5.41) is 16.8. The molecule has 1 aromatic heterocycles. The smallest absolute Gasteiger partial charge is 0.407 e. The number of rotatable bonds is 8. The average molecular weight is 359 g/mol. The Morgan fingerprint density at radius 2 is 2.16 bits per heavy atom. The maximum atomic E-state index is 12.3. The van der Waals surface area contributed by atoms with Crippen LogP contribution in [0.25, 0.3) is 10.1 Å². The predicted molar refractivity (Wildman–Crippen MR) is 97.3 cm³/mol. The van der Waals surface area contributed by atoms with Crippen LogP contribution in [0.2, 0.25) is 0 Å². The van der Waals surface area contributed by atoms with Crippen LogP contribution in [-0.2, 0) is 16.0 Å². The van der Waals surface area contributed by atoms with Gasteiger partial charge in [-0.1, -0.05) is 31.5 Å². The summed E-state index contributed by atoms with van der Waals surface area (Å²) in [7, 11) is 0. The summed E-state index contributed by atoms with van der Waals surface area (Å²) in [6.07, 6.45) is 1.41. The fourth-order valence-electron chi connectivity index (χ4n) is 2.36. The van der Waals surface area contributed by atoms with Crippen LogP contribution in [0.3, 0.4) is 0 Å². The predicted octanol–water partition coefficient (Wildman–Crippen LogP) is 2.98. The third kappa shape index (κ3) is 5.47. The largest absolute Gasteiger partial charge is 0.450 e. The summed E-state index contributed by atoms with van der Waals surface area (Å²) in [4.78, 5) is 24.2. The third-order valence-corrected chi connectivity index (χ3v) is 4.68. The molecule has 7 heteroatoms. The number of hydrogen-bond donors (Lipinski definition) is 2. The quantitative estimate of drug-likeness (QED) is 0.560. The second-order valence-corrected chi connectivity index (χ2v) is 6.43. The minimum absolute atomic E-state index is 0.105. The van der Waals surface area contributed by atoms with Crippen LogP contribution in [0.1, 0.15) is 25.3 Å². The molecule has 0 saturated heterocycles. The molecule has 0 aliphatic heterocycles. The van der Waals surface area contributed by atoms with E-state index in [0.717, 1.165) is 28.5 Å².